The predicted octanol–water partition coefficient (Wildman–Crippen LogP) is 3.18. The molecule has 1 aliphatic carbocycles. The molecule has 1 rings (SSSR count). The van der Waals surface area contributed by atoms with Gasteiger partial charge in [-0.1, -0.05) is 25.5 Å². The lowest BCUT2D eigenvalue weighted by Gasteiger charge is -2.24. The summed E-state index contributed by atoms with van der Waals surface area (Å²) in [6.45, 7) is 5.76. The summed E-state index contributed by atoms with van der Waals surface area (Å²) in [6, 6.07) is 0. The van der Waals surface area contributed by atoms with E-state index in [0.29, 0.717) is 6.42 Å². The highest BCUT2D eigenvalue weighted by Gasteiger charge is 2.23. The van der Waals surface area contributed by atoms with Gasteiger partial charge in [0, 0.05) is 13.5 Å². The van der Waals surface area contributed by atoms with E-state index in [0.717, 1.165) is 24.8 Å². The second-order valence-corrected chi connectivity index (χ2v) is 4.35. The summed E-state index contributed by atoms with van der Waals surface area (Å²) in [5, 5.41) is 0. The molecule has 0 radical (unpaired) electrons. The third kappa shape index (κ3) is 4.49. The van der Waals surface area contributed by atoms with Crippen molar-refractivity contribution in [3.05, 3.63) is 36.5 Å². The maximum absolute atomic E-state index is 11.6. The van der Waals surface area contributed by atoms with Gasteiger partial charge in [0.25, 0.3) is 0 Å². The third-order valence-corrected chi connectivity index (χ3v) is 2.86. The molecular formula is C15H22O3. The first kappa shape index (κ1) is 14.7. The maximum Gasteiger partial charge on any atom is 0.306 e. The lowest BCUT2D eigenvalue weighted by atomic mass is 10.00. The maximum atomic E-state index is 11.6. The molecule has 2 unspecified atom stereocenters. The highest BCUT2D eigenvalue weighted by molar-refractivity contribution is 5.69. The summed E-state index contributed by atoms with van der Waals surface area (Å²) in [7, 11) is 1.62. The summed E-state index contributed by atoms with van der Waals surface area (Å²) >= 11 is 0. The Balaban J connectivity index is 2.55. The molecule has 100 valence electrons. The zero-order valence-corrected chi connectivity index (χ0v) is 11.2. The van der Waals surface area contributed by atoms with Gasteiger partial charge in [-0.3, -0.25) is 4.79 Å². The van der Waals surface area contributed by atoms with Crippen molar-refractivity contribution in [2.75, 3.05) is 7.11 Å². The Hall–Kier alpha value is -1.35. The van der Waals surface area contributed by atoms with E-state index >= 15 is 0 Å². The van der Waals surface area contributed by atoms with Crippen molar-refractivity contribution in [2.24, 2.45) is 0 Å². The van der Waals surface area contributed by atoms with Gasteiger partial charge < -0.3 is 9.47 Å². The molecule has 0 aromatic heterocycles. The number of hydrogen-bond donors (Lipinski definition) is 0. The van der Waals surface area contributed by atoms with Crippen LogP contribution in [0.2, 0.25) is 0 Å². The highest BCUT2D eigenvalue weighted by Crippen LogP contribution is 2.19. The molecule has 0 spiro atoms. The van der Waals surface area contributed by atoms with Crippen LogP contribution in [0.4, 0.5) is 0 Å². The van der Waals surface area contributed by atoms with Gasteiger partial charge in [-0.05, 0) is 30.6 Å². The van der Waals surface area contributed by atoms with Gasteiger partial charge in [0.15, 0.2) is 0 Å². The van der Waals surface area contributed by atoms with E-state index < -0.39 is 0 Å². The van der Waals surface area contributed by atoms with Gasteiger partial charge in [-0.15, -0.1) is 6.58 Å². The molecule has 1 aliphatic rings. The number of rotatable bonds is 7. The Morgan fingerprint density at radius 3 is 2.89 bits per heavy atom. The smallest absolute Gasteiger partial charge is 0.306 e. The zero-order valence-electron chi connectivity index (χ0n) is 11.2. The number of hydrogen-bond acceptors (Lipinski definition) is 3. The van der Waals surface area contributed by atoms with E-state index in [1.807, 2.05) is 24.3 Å². The lowest BCUT2D eigenvalue weighted by Crippen LogP contribution is -2.31. The van der Waals surface area contributed by atoms with Crippen LogP contribution < -0.4 is 0 Å². The molecule has 0 N–H and O–H groups in total. The molecule has 0 fully saturated rings. The fourth-order valence-electron chi connectivity index (χ4n) is 1.83. The van der Waals surface area contributed by atoms with Crippen molar-refractivity contribution >= 4 is 5.97 Å². The SMILES string of the molecule is C=CCC1=CC(OC)C(OC(=O)CCCC)C=C1. The molecular weight excluding hydrogens is 228 g/mol. The molecule has 3 heteroatoms. The lowest BCUT2D eigenvalue weighted by molar-refractivity contribution is -0.151. The van der Waals surface area contributed by atoms with E-state index in [1.165, 1.54) is 0 Å². The van der Waals surface area contributed by atoms with Crippen LogP contribution in [-0.2, 0) is 14.3 Å². The van der Waals surface area contributed by atoms with E-state index in [1.54, 1.807) is 7.11 Å². The number of ether oxygens (including phenoxy) is 2. The first-order valence-electron chi connectivity index (χ1n) is 6.43. The average molecular weight is 250 g/mol. The Kier molecular flexibility index (Phi) is 6.44. The third-order valence-electron chi connectivity index (χ3n) is 2.86. The van der Waals surface area contributed by atoms with E-state index in [9.17, 15) is 4.79 Å². The fourth-order valence-corrected chi connectivity index (χ4v) is 1.83. The van der Waals surface area contributed by atoms with Crippen LogP contribution in [0.1, 0.15) is 32.6 Å². The molecule has 0 aromatic carbocycles. The van der Waals surface area contributed by atoms with Crippen molar-refractivity contribution in [3.8, 4) is 0 Å². The first-order chi connectivity index (χ1) is 8.71. The Morgan fingerprint density at radius 1 is 1.50 bits per heavy atom. The van der Waals surface area contributed by atoms with Gasteiger partial charge in [-0.2, -0.15) is 0 Å². The largest absolute Gasteiger partial charge is 0.455 e. The molecule has 2 atom stereocenters. The molecule has 0 bridgehead atoms. The van der Waals surface area contributed by atoms with Crippen molar-refractivity contribution in [2.45, 2.75) is 44.8 Å². The molecule has 0 aliphatic heterocycles. The Labute approximate surface area is 109 Å². The summed E-state index contributed by atoms with van der Waals surface area (Å²) < 4.78 is 10.7. The molecule has 0 saturated heterocycles. The second-order valence-electron chi connectivity index (χ2n) is 4.35. The monoisotopic (exact) mass is 250 g/mol. The first-order valence-corrected chi connectivity index (χ1v) is 6.43. The van der Waals surface area contributed by atoms with E-state index in [4.69, 9.17) is 9.47 Å². The number of allylic oxidation sites excluding steroid dienone is 3. The molecule has 18 heavy (non-hydrogen) atoms. The minimum atomic E-state index is -0.312. The van der Waals surface area contributed by atoms with Crippen molar-refractivity contribution < 1.29 is 14.3 Å². The van der Waals surface area contributed by atoms with Gasteiger partial charge >= 0.3 is 5.97 Å². The summed E-state index contributed by atoms with van der Waals surface area (Å²) in [4.78, 5) is 11.6. The van der Waals surface area contributed by atoms with Crippen LogP contribution in [0, 0.1) is 0 Å². The van der Waals surface area contributed by atoms with E-state index in [2.05, 4.69) is 13.5 Å². The molecule has 0 amide bonds. The van der Waals surface area contributed by atoms with Crippen molar-refractivity contribution in [1.82, 2.24) is 0 Å². The normalized spacial score (nSPS) is 22.4. The van der Waals surface area contributed by atoms with Crippen LogP contribution >= 0.6 is 0 Å². The minimum Gasteiger partial charge on any atom is -0.455 e. The topological polar surface area (TPSA) is 35.5 Å². The van der Waals surface area contributed by atoms with Gasteiger partial charge in [-0.25, -0.2) is 0 Å². The van der Waals surface area contributed by atoms with Crippen LogP contribution in [0.3, 0.4) is 0 Å². The molecule has 0 aromatic rings. The predicted molar refractivity (Wildman–Crippen MR) is 72.2 cm³/mol. The highest BCUT2D eigenvalue weighted by atomic mass is 16.6. The van der Waals surface area contributed by atoms with Crippen molar-refractivity contribution in [3.63, 3.8) is 0 Å². The summed E-state index contributed by atoms with van der Waals surface area (Å²) in [5.74, 6) is -0.158. The molecule has 3 nitrogen and oxygen atoms in total. The number of esters is 1. The number of carbonyl (C=O) groups is 1. The molecule has 0 heterocycles. The van der Waals surface area contributed by atoms with Gasteiger partial charge in [0.05, 0.1) is 0 Å². The van der Waals surface area contributed by atoms with E-state index in [-0.39, 0.29) is 18.2 Å². The minimum absolute atomic E-state index is 0.158. The Morgan fingerprint density at radius 2 is 2.28 bits per heavy atom. The van der Waals surface area contributed by atoms with Crippen molar-refractivity contribution in [1.29, 1.82) is 0 Å². The second kappa shape index (κ2) is 7.88. The fraction of sp³-hybridized carbons (Fsp3) is 0.533. The zero-order chi connectivity index (χ0) is 13.4. The van der Waals surface area contributed by atoms with Crippen LogP contribution in [0.15, 0.2) is 36.5 Å². The van der Waals surface area contributed by atoms with Crippen LogP contribution in [0.25, 0.3) is 0 Å². The quantitative estimate of drug-likeness (QED) is 0.514. The standard InChI is InChI=1S/C15H22O3/c1-4-6-8-15(16)18-13-10-9-12(7-5-2)11-14(13)17-3/h5,9-11,13-14H,2,4,6-8H2,1,3H3. The number of unbranched alkanes of at least 4 members (excludes halogenated alkanes) is 1. The summed E-state index contributed by atoms with van der Waals surface area (Å²) in [5.41, 5.74) is 1.14. The Bertz CT molecular complexity index is 342. The van der Waals surface area contributed by atoms with Gasteiger partial charge in [0.2, 0.25) is 0 Å². The molecule has 0 saturated carbocycles. The average Bonchev–Trinajstić information content (AvgIpc) is 2.38. The number of methoxy groups -OCH3 is 1. The van der Waals surface area contributed by atoms with Gasteiger partial charge in [0.1, 0.15) is 12.2 Å². The summed E-state index contributed by atoms with van der Waals surface area (Å²) in [6.07, 6.45) is 10.3. The number of carbonyl (C=O) groups excluding carboxylic acids is 1. The van der Waals surface area contributed by atoms with Crippen LogP contribution in [-0.4, -0.2) is 25.3 Å². The van der Waals surface area contributed by atoms with Crippen LogP contribution in [0.5, 0.6) is 0 Å².